The number of hydrogen-bond acceptors (Lipinski definition) is 4. The van der Waals surface area contributed by atoms with E-state index in [4.69, 9.17) is 5.73 Å². The van der Waals surface area contributed by atoms with Crippen molar-refractivity contribution in [2.45, 2.75) is 31.8 Å². The maximum Gasteiger partial charge on any atom is 0.323 e. The molecule has 0 saturated carbocycles. The van der Waals surface area contributed by atoms with Gasteiger partial charge in [0.1, 0.15) is 6.04 Å². The number of hydrogen-bond donors (Lipinski definition) is 2. The lowest BCUT2D eigenvalue weighted by Crippen LogP contribution is -2.42. The lowest BCUT2D eigenvalue weighted by molar-refractivity contribution is -0.145. The van der Waals surface area contributed by atoms with Gasteiger partial charge in [0.2, 0.25) is 5.91 Å². The summed E-state index contributed by atoms with van der Waals surface area (Å²) in [6.07, 6.45) is 0.558. The van der Waals surface area contributed by atoms with Crippen LogP contribution in [0.4, 0.5) is 0 Å². The molecule has 3 N–H and O–H groups in total. The summed E-state index contributed by atoms with van der Waals surface area (Å²) in [5.41, 5.74) is 5.32. The summed E-state index contributed by atoms with van der Waals surface area (Å²) in [4.78, 5) is 22.6. The number of carbonyl (C=O) groups excluding carboxylic acids is 2. The second kappa shape index (κ2) is 3.57. The Labute approximate surface area is 83.0 Å². The fourth-order valence-electron chi connectivity index (χ4n) is 1.71. The summed E-state index contributed by atoms with van der Waals surface area (Å²) in [7, 11) is 1.26. The lowest BCUT2D eigenvalue weighted by Gasteiger charge is -2.17. The molecule has 0 spiro atoms. The van der Waals surface area contributed by atoms with E-state index in [9.17, 15) is 9.59 Å². The second-order valence-electron chi connectivity index (χ2n) is 4.23. The Hall–Kier alpha value is -1.10. The number of ether oxygens (including phenoxy) is 1. The van der Waals surface area contributed by atoms with Gasteiger partial charge in [-0.1, -0.05) is 0 Å². The third-order valence-corrected chi connectivity index (χ3v) is 2.44. The van der Waals surface area contributed by atoms with Crippen LogP contribution in [-0.2, 0) is 14.3 Å². The van der Waals surface area contributed by atoms with Crippen molar-refractivity contribution in [1.82, 2.24) is 5.32 Å². The number of nitrogens with one attached hydrogen (secondary N) is 1. The van der Waals surface area contributed by atoms with Gasteiger partial charge >= 0.3 is 5.97 Å². The van der Waals surface area contributed by atoms with Crippen LogP contribution in [0.1, 0.15) is 20.3 Å². The monoisotopic (exact) mass is 200 g/mol. The SMILES string of the molecule is COC(=O)C(N)C1CC(C)(C)NC1=O. The van der Waals surface area contributed by atoms with Crippen molar-refractivity contribution in [3.63, 3.8) is 0 Å². The molecular formula is C9H16N2O3. The summed E-state index contributed by atoms with van der Waals surface area (Å²) >= 11 is 0. The zero-order valence-corrected chi connectivity index (χ0v) is 8.66. The van der Waals surface area contributed by atoms with E-state index in [1.54, 1.807) is 0 Å². The number of amides is 1. The van der Waals surface area contributed by atoms with Crippen LogP contribution in [0.2, 0.25) is 0 Å². The van der Waals surface area contributed by atoms with Gasteiger partial charge in [-0.25, -0.2) is 0 Å². The summed E-state index contributed by atoms with van der Waals surface area (Å²) in [5.74, 6) is -1.19. The minimum Gasteiger partial charge on any atom is -0.468 e. The van der Waals surface area contributed by atoms with Crippen molar-refractivity contribution in [3.05, 3.63) is 0 Å². The molecule has 5 heteroatoms. The maximum absolute atomic E-state index is 11.5. The Kier molecular flexibility index (Phi) is 2.80. The van der Waals surface area contributed by atoms with E-state index >= 15 is 0 Å². The fraction of sp³-hybridized carbons (Fsp3) is 0.778. The standard InChI is InChI=1S/C9H16N2O3/c1-9(2)4-5(7(12)11-9)6(10)8(13)14-3/h5-6H,4,10H2,1-3H3,(H,11,12). The van der Waals surface area contributed by atoms with E-state index in [1.165, 1.54) is 7.11 Å². The minimum absolute atomic E-state index is 0.173. The average Bonchev–Trinajstić information content (AvgIpc) is 2.37. The van der Waals surface area contributed by atoms with E-state index in [0.29, 0.717) is 6.42 Å². The van der Waals surface area contributed by atoms with Crippen LogP contribution in [0.5, 0.6) is 0 Å². The van der Waals surface area contributed by atoms with Crippen molar-refractivity contribution < 1.29 is 14.3 Å². The molecule has 0 aliphatic carbocycles. The van der Waals surface area contributed by atoms with Crippen LogP contribution in [0, 0.1) is 5.92 Å². The van der Waals surface area contributed by atoms with E-state index in [1.807, 2.05) is 13.8 Å². The molecule has 1 heterocycles. The van der Waals surface area contributed by atoms with Crippen LogP contribution < -0.4 is 11.1 Å². The van der Waals surface area contributed by atoms with Gasteiger partial charge < -0.3 is 15.8 Å². The largest absolute Gasteiger partial charge is 0.468 e. The predicted molar refractivity (Wildman–Crippen MR) is 50.3 cm³/mol. The molecule has 0 bridgehead atoms. The highest BCUT2D eigenvalue weighted by atomic mass is 16.5. The number of nitrogens with two attached hydrogens (primary N) is 1. The van der Waals surface area contributed by atoms with Crippen LogP contribution >= 0.6 is 0 Å². The molecule has 1 aliphatic heterocycles. The number of esters is 1. The normalized spacial score (nSPS) is 26.9. The molecule has 2 atom stereocenters. The molecule has 0 aromatic rings. The number of rotatable bonds is 2. The summed E-state index contributed by atoms with van der Waals surface area (Å²) in [6, 6.07) is -0.859. The van der Waals surface area contributed by atoms with Gasteiger partial charge in [0.25, 0.3) is 0 Å². The molecule has 0 aromatic heterocycles. The number of carbonyl (C=O) groups is 2. The first kappa shape index (κ1) is 11.0. The topological polar surface area (TPSA) is 81.4 Å². The molecule has 1 aliphatic rings. The van der Waals surface area contributed by atoms with Gasteiger partial charge in [0, 0.05) is 5.54 Å². The molecule has 0 radical (unpaired) electrons. The average molecular weight is 200 g/mol. The van der Waals surface area contributed by atoms with Gasteiger partial charge in [0.05, 0.1) is 13.0 Å². The smallest absolute Gasteiger partial charge is 0.323 e. The van der Waals surface area contributed by atoms with Crippen molar-refractivity contribution in [1.29, 1.82) is 0 Å². The fourth-order valence-corrected chi connectivity index (χ4v) is 1.71. The minimum atomic E-state index is -0.859. The van der Waals surface area contributed by atoms with Crippen molar-refractivity contribution in [3.8, 4) is 0 Å². The Morgan fingerprint density at radius 2 is 2.29 bits per heavy atom. The van der Waals surface area contributed by atoms with E-state index in [-0.39, 0.29) is 11.4 Å². The van der Waals surface area contributed by atoms with E-state index < -0.39 is 17.9 Å². The molecular weight excluding hydrogens is 184 g/mol. The number of methoxy groups -OCH3 is 1. The highest BCUT2D eigenvalue weighted by Crippen LogP contribution is 2.26. The van der Waals surface area contributed by atoms with Gasteiger partial charge in [-0.2, -0.15) is 0 Å². The zero-order valence-electron chi connectivity index (χ0n) is 8.66. The molecule has 1 saturated heterocycles. The Morgan fingerprint density at radius 3 is 2.64 bits per heavy atom. The molecule has 14 heavy (non-hydrogen) atoms. The second-order valence-corrected chi connectivity index (χ2v) is 4.23. The molecule has 5 nitrogen and oxygen atoms in total. The molecule has 80 valence electrons. The summed E-state index contributed by atoms with van der Waals surface area (Å²) in [5, 5.41) is 2.78. The first-order valence-corrected chi connectivity index (χ1v) is 4.53. The Balaban J connectivity index is 2.71. The highest BCUT2D eigenvalue weighted by molar-refractivity contribution is 5.89. The maximum atomic E-state index is 11.5. The van der Waals surface area contributed by atoms with Gasteiger partial charge in [-0.3, -0.25) is 9.59 Å². The van der Waals surface area contributed by atoms with E-state index in [2.05, 4.69) is 10.1 Å². The third kappa shape index (κ3) is 2.04. The van der Waals surface area contributed by atoms with Gasteiger partial charge in [0.15, 0.2) is 0 Å². The van der Waals surface area contributed by atoms with Crippen molar-refractivity contribution in [2.24, 2.45) is 11.7 Å². The third-order valence-electron chi connectivity index (χ3n) is 2.44. The molecule has 1 fully saturated rings. The quantitative estimate of drug-likeness (QED) is 0.583. The van der Waals surface area contributed by atoms with Crippen LogP contribution in [0.25, 0.3) is 0 Å². The van der Waals surface area contributed by atoms with Crippen LogP contribution in [-0.4, -0.2) is 30.6 Å². The van der Waals surface area contributed by atoms with Crippen LogP contribution in [0.15, 0.2) is 0 Å². The van der Waals surface area contributed by atoms with Crippen molar-refractivity contribution >= 4 is 11.9 Å². The first-order chi connectivity index (χ1) is 6.37. The van der Waals surface area contributed by atoms with Crippen molar-refractivity contribution in [2.75, 3.05) is 7.11 Å². The Bertz CT molecular complexity index is 263. The van der Waals surface area contributed by atoms with Gasteiger partial charge in [-0.05, 0) is 20.3 Å². The first-order valence-electron chi connectivity index (χ1n) is 4.53. The molecule has 1 amide bonds. The predicted octanol–water partition coefficient (Wildman–Crippen LogP) is -0.599. The molecule has 1 rings (SSSR count). The lowest BCUT2D eigenvalue weighted by atomic mass is 9.91. The molecule has 2 unspecified atom stereocenters. The highest BCUT2D eigenvalue weighted by Gasteiger charge is 2.43. The van der Waals surface area contributed by atoms with E-state index in [0.717, 1.165) is 0 Å². The van der Waals surface area contributed by atoms with Crippen LogP contribution in [0.3, 0.4) is 0 Å². The molecule has 0 aromatic carbocycles. The summed E-state index contributed by atoms with van der Waals surface area (Å²) in [6.45, 7) is 3.80. The van der Waals surface area contributed by atoms with Gasteiger partial charge in [-0.15, -0.1) is 0 Å². The zero-order chi connectivity index (χ0) is 10.9. The summed E-state index contributed by atoms with van der Waals surface area (Å²) < 4.78 is 4.50. The Morgan fingerprint density at radius 1 is 1.71 bits per heavy atom.